The number of hydrogen-bond acceptors (Lipinski definition) is 2. The number of halogens is 5. The summed E-state index contributed by atoms with van der Waals surface area (Å²) in [4.78, 5) is 2.41. The molecule has 1 aromatic heterocycles. The lowest BCUT2D eigenvalue weighted by Crippen LogP contribution is -2.33. The van der Waals surface area contributed by atoms with Crippen LogP contribution in [0.15, 0.2) is 60.7 Å². The maximum absolute atomic E-state index is 13.9. The van der Waals surface area contributed by atoms with Gasteiger partial charge in [0.25, 0.3) is 0 Å². The van der Waals surface area contributed by atoms with Gasteiger partial charge in [0.2, 0.25) is 0 Å². The van der Waals surface area contributed by atoms with Crippen LogP contribution in [-0.4, -0.2) is 34.7 Å². The van der Waals surface area contributed by atoms with Gasteiger partial charge in [-0.25, -0.2) is 8.78 Å². The third-order valence-electron chi connectivity index (χ3n) is 7.31. The van der Waals surface area contributed by atoms with Crippen molar-refractivity contribution in [3.63, 3.8) is 0 Å². The Morgan fingerprint density at radius 1 is 0.838 bits per heavy atom. The highest BCUT2D eigenvalue weighted by molar-refractivity contribution is 5.98. The van der Waals surface area contributed by atoms with Crippen LogP contribution in [0.1, 0.15) is 48.4 Å². The monoisotopic (exact) mass is 513 g/mol. The van der Waals surface area contributed by atoms with Crippen molar-refractivity contribution in [1.29, 1.82) is 0 Å². The molecule has 0 saturated carbocycles. The first-order chi connectivity index (χ1) is 17.8. The maximum atomic E-state index is 13.9. The number of hydrogen-bond donors (Lipinski definition) is 1. The molecule has 0 bridgehead atoms. The molecule has 1 aliphatic heterocycles. The Hall–Kier alpha value is -3.26. The molecule has 3 nitrogen and oxygen atoms in total. The number of rotatable bonds is 7. The van der Waals surface area contributed by atoms with Gasteiger partial charge in [-0.15, -0.1) is 0 Å². The predicted molar refractivity (Wildman–Crippen MR) is 134 cm³/mol. The fraction of sp³-hybridized carbons (Fsp3) is 0.345. The van der Waals surface area contributed by atoms with Crippen molar-refractivity contribution in [3.05, 3.63) is 89.1 Å². The second kappa shape index (κ2) is 10.6. The van der Waals surface area contributed by atoms with Crippen LogP contribution in [0.3, 0.4) is 0 Å². The van der Waals surface area contributed by atoms with Gasteiger partial charge in [-0.05, 0) is 105 Å². The summed E-state index contributed by atoms with van der Waals surface area (Å²) in [5.74, 6) is -0.274. The van der Waals surface area contributed by atoms with E-state index in [0.717, 1.165) is 51.4 Å². The average molecular weight is 514 g/mol. The Morgan fingerprint density at radius 3 is 2.14 bits per heavy atom. The molecule has 1 fully saturated rings. The summed E-state index contributed by atoms with van der Waals surface area (Å²) in [7, 11) is 0. The summed E-state index contributed by atoms with van der Waals surface area (Å²) in [5, 5.41) is 7.67. The largest absolute Gasteiger partial charge is 0.417 e. The first-order valence-corrected chi connectivity index (χ1v) is 12.6. The zero-order valence-corrected chi connectivity index (χ0v) is 20.3. The minimum Gasteiger partial charge on any atom is -0.303 e. The van der Waals surface area contributed by atoms with Crippen molar-refractivity contribution in [2.45, 2.75) is 44.2 Å². The Morgan fingerprint density at radius 2 is 1.49 bits per heavy atom. The van der Waals surface area contributed by atoms with Crippen LogP contribution < -0.4 is 0 Å². The second-order valence-electron chi connectivity index (χ2n) is 9.71. The molecule has 5 rings (SSSR count). The highest BCUT2D eigenvalue weighted by Crippen LogP contribution is 2.42. The normalized spacial score (nSPS) is 15.5. The molecule has 8 heteroatoms. The first kappa shape index (κ1) is 25.4. The van der Waals surface area contributed by atoms with Gasteiger partial charge in [-0.1, -0.05) is 24.3 Å². The summed E-state index contributed by atoms with van der Waals surface area (Å²) in [6.07, 6.45) is -0.265. The predicted octanol–water partition coefficient (Wildman–Crippen LogP) is 7.73. The number of aryl methyl sites for hydroxylation is 1. The van der Waals surface area contributed by atoms with E-state index in [9.17, 15) is 22.0 Å². The minimum atomic E-state index is -4.55. The van der Waals surface area contributed by atoms with Crippen LogP contribution in [0.4, 0.5) is 22.0 Å². The van der Waals surface area contributed by atoms with Gasteiger partial charge in [0.05, 0.1) is 16.8 Å². The van der Waals surface area contributed by atoms with Gasteiger partial charge in [0, 0.05) is 10.9 Å². The number of nitrogens with zero attached hydrogens (tertiary/aromatic N) is 2. The van der Waals surface area contributed by atoms with E-state index >= 15 is 0 Å². The molecular weight excluding hydrogens is 485 g/mol. The lowest BCUT2D eigenvalue weighted by atomic mass is 9.89. The summed E-state index contributed by atoms with van der Waals surface area (Å²) in [6, 6.07) is 14.3. The molecule has 0 spiro atoms. The number of aromatic nitrogens is 2. The SMILES string of the molecule is Fc1ccc(-c2c(C(F)(F)F)ccc3[nH]nc(CCCCN4CCC(c5ccc(F)cc5)CC4)c23)cc1. The molecular formula is C29H28F5N3. The second-order valence-corrected chi connectivity index (χ2v) is 9.71. The topological polar surface area (TPSA) is 31.9 Å². The van der Waals surface area contributed by atoms with Crippen LogP contribution in [-0.2, 0) is 12.6 Å². The van der Waals surface area contributed by atoms with E-state index in [0.29, 0.717) is 34.5 Å². The Labute approximate surface area is 212 Å². The number of alkyl halides is 3. The van der Waals surface area contributed by atoms with Crippen LogP contribution in [0, 0.1) is 11.6 Å². The molecule has 0 amide bonds. The summed E-state index contributed by atoms with van der Waals surface area (Å²) in [6.45, 7) is 2.85. The summed E-state index contributed by atoms with van der Waals surface area (Å²) >= 11 is 0. The number of likely N-dealkylation sites (tertiary alicyclic amines) is 1. The highest BCUT2D eigenvalue weighted by Gasteiger charge is 2.35. The lowest BCUT2D eigenvalue weighted by Gasteiger charge is -2.32. The van der Waals surface area contributed by atoms with Crippen molar-refractivity contribution in [3.8, 4) is 11.1 Å². The smallest absolute Gasteiger partial charge is 0.303 e. The third-order valence-corrected chi connectivity index (χ3v) is 7.31. The average Bonchev–Trinajstić information content (AvgIpc) is 3.30. The van der Waals surface area contributed by atoms with Crippen LogP contribution in [0.25, 0.3) is 22.0 Å². The molecule has 1 aliphatic rings. The van der Waals surface area contributed by atoms with E-state index < -0.39 is 17.6 Å². The number of unbranched alkanes of at least 4 members (excludes halogenated alkanes) is 1. The van der Waals surface area contributed by atoms with Crippen molar-refractivity contribution in [1.82, 2.24) is 15.1 Å². The minimum absolute atomic E-state index is 0.0385. The van der Waals surface area contributed by atoms with Crippen molar-refractivity contribution < 1.29 is 22.0 Å². The lowest BCUT2D eigenvalue weighted by molar-refractivity contribution is -0.137. The number of benzene rings is 3. The fourth-order valence-corrected chi connectivity index (χ4v) is 5.37. The van der Waals surface area contributed by atoms with Gasteiger partial charge in [0.1, 0.15) is 11.6 Å². The molecule has 4 aromatic rings. The molecule has 2 heterocycles. The standard InChI is InChI=1S/C29H28F5N3/c30-22-8-4-19(5-9-22)20-14-17-37(18-15-20)16-2-1-3-25-28-26(36-35-25)13-12-24(29(32,33)34)27(28)21-6-10-23(31)11-7-21/h4-13,20H,1-3,14-18H2,(H,35,36). The van der Waals surface area contributed by atoms with Crippen LogP contribution >= 0.6 is 0 Å². The number of aromatic amines is 1. The number of fused-ring (bicyclic) bond motifs is 1. The van der Waals surface area contributed by atoms with E-state index in [1.54, 1.807) is 0 Å². The number of piperidine rings is 1. The summed E-state index contributed by atoms with van der Waals surface area (Å²) in [5.41, 5.74) is 1.91. The molecule has 0 atom stereocenters. The van der Waals surface area contributed by atoms with Gasteiger partial charge in [0.15, 0.2) is 0 Å². The van der Waals surface area contributed by atoms with Gasteiger partial charge in [-0.3, -0.25) is 5.10 Å². The van der Waals surface area contributed by atoms with Crippen molar-refractivity contribution in [2.75, 3.05) is 19.6 Å². The number of nitrogens with one attached hydrogen (secondary N) is 1. The fourth-order valence-electron chi connectivity index (χ4n) is 5.37. The van der Waals surface area contributed by atoms with E-state index in [-0.39, 0.29) is 11.4 Å². The Bertz CT molecular complexity index is 1340. The molecule has 3 aromatic carbocycles. The van der Waals surface area contributed by atoms with Crippen molar-refractivity contribution >= 4 is 10.9 Å². The zero-order chi connectivity index (χ0) is 26.0. The summed E-state index contributed by atoms with van der Waals surface area (Å²) < 4.78 is 68.4. The molecule has 0 aliphatic carbocycles. The third kappa shape index (κ3) is 5.69. The van der Waals surface area contributed by atoms with Crippen LogP contribution in [0.2, 0.25) is 0 Å². The molecule has 1 saturated heterocycles. The van der Waals surface area contributed by atoms with Crippen molar-refractivity contribution in [2.24, 2.45) is 0 Å². The van der Waals surface area contributed by atoms with Crippen LogP contribution in [0.5, 0.6) is 0 Å². The Balaban J connectivity index is 1.25. The molecule has 1 N–H and O–H groups in total. The maximum Gasteiger partial charge on any atom is 0.417 e. The molecule has 37 heavy (non-hydrogen) atoms. The molecule has 0 radical (unpaired) electrons. The van der Waals surface area contributed by atoms with E-state index in [1.165, 1.54) is 48.0 Å². The van der Waals surface area contributed by atoms with Gasteiger partial charge in [-0.2, -0.15) is 18.3 Å². The zero-order valence-electron chi connectivity index (χ0n) is 20.3. The van der Waals surface area contributed by atoms with E-state index in [1.807, 2.05) is 12.1 Å². The quantitative estimate of drug-likeness (QED) is 0.203. The first-order valence-electron chi connectivity index (χ1n) is 12.6. The van der Waals surface area contributed by atoms with Gasteiger partial charge >= 0.3 is 6.18 Å². The van der Waals surface area contributed by atoms with E-state index in [2.05, 4.69) is 15.1 Å². The molecule has 0 unspecified atom stereocenters. The molecule has 194 valence electrons. The highest BCUT2D eigenvalue weighted by atomic mass is 19.4. The Kier molecular flexibility index (Phi) is 7.29. The number of H-pyrrole nitrogens is 1. The van der Waals surface area contributed by atoms with Gasteiger partial charge < -0.3 is 4.90 Å². The van der Waals surface area contributed by atoms with E-state index in [4.69, 9.17) is 0 Å².